The smallest absolute Gasteiger partial charge is 0.252 e. The second-order valence-corrected chi connectivity index (χ2v) is 9.34. The molecule has 0 fully saturated rings. The first kappa shape index (κ1) is 25.3. The van der Waals surface area contributed by atoms with Crippen LogP contribution in [0.2, 0.25) is 0 Å². The predicted octanol–water partition coefficient (Wildman–Crippen LogP) is 4.25. The normalized spacial score (nSPS) is 16.4. The summed E-state index contributed by atoms with van der Waals surface area (Å²) in [6.07, 6.45) is 1.81. The van der Waals surface area contributed by atoms with E-state index in [-0.39, 0.29) is 49.2 Å². The van der Waals surface area contributed by atoms with E-state index in [4.69, 9.17) is 4.42 Å². The fourth-order valence-corrected chi connectivity index (χ4v) is 4.51. The minimum Gasteiger partial charge on any atom is -0.467 e. The van der Waals surface area contributed by atoms with E-state index < -0.39 is 5.92 Å². The maximum Gasteiger partial charge on any atom is 0.252 e. The van der Waals surface area contributed by atoms with E-state index in [1.165, 1.54) is 0 Å². The van der Waals surface area contributed by atoms with Crippen molar-refractivity contribution >= 4 is 17.7 Å². The molecule has 0 spiro atoms. The minimum absolute atomic E-state index is 0.0122. The van der Waals surface area contributed by atoms with Gasteiger partial charge in [0.25, 0.3) is 5.91 Å². The van der Waals surface area contributed by atoms with Gasteiger partial charge in [-0.25, -0.2) is 0 Å². The first-order valence-electron chi connectivity index (χ1n) is 11.9. The van der Waals surface area contributed by atoms with Crippen LogP contribution in [-0.2, 0) is 27.5 Å². The van der Waals surface area contributed by atoms with Crippen molar-refractivity contribution in [1.82, 2.24) is 15.1 Å². The third-order valence-corrected chi connectivity index (χ3v) is 6.17. The van der Waals surface area contributed by atoms with Crippen LogP contribution >= 0.6 is 0 Å². The van der Waals surface area contributed by atoms with E-state index in [0.717, 1.165) is 5.56 Å². The van der Waals surface area contributed by atoms with Crippen LogP contribution in [0.4, 0.5) is 0 Å². The average molecular weight is 466 g/mol. The molecule has 1 aromatic heterocycles. The van der Waals surface area contributed by atoms with Crippen LogP contribution in [0.15, 0.2) is 64.4 Å². The number of nitrogens with one attached hydrogen (secondary N) is 1. The fraction of sp³-hybridized carbons (Fsp3) is 0.444. The summed E-state index contributed by atoms with van der Waals surface area (Å²) in [4.78, 5) is 43.3. The third-order valence-electron chi connectivity index (χ3n) is 6.17. The topological polar surface area (TPSA) is 82.9 Å². The van der Waals surface area contributed by atoms with Crippen molar-refractivity contribution in [2.45, 2.75) is 72.6 Å². The van der Waals surface area contributed by atoms with Gasteiger partial charge in [-0.2, -0.15) is 0 Å². The molecule has 1 aliphatic heterocycles. The van der Waals surface area contributed by atoms with Crippen molar-refractivity contribution < 1.29 is 18.8 Å². The Morgan fingerprint density at radius 3 is 2.35 bits per heavy atom. The van der Waals surface area contributed by atoms with Crippen LogP contribution in [0, 0.1) is 5.92 Å². The van der Waals surface area contributed by atoms with Crippen LogP contribution in [0.3, 0.4) is 0 Å². The molecule has 34 heavy (non-hydrogen) atoms. The summed E-state index contributed by atoms with van der Waals surface area (Å²) in [5.74, 6) is -0.416. The summed E-state index contributed by atoms with van der Waals surface area (Å²) in [5, 5.41) is 2.82. The number of carbonyl (C=O) groups excluding carboxylic acids is 3. The molecule has 3 amide bonds. The number of hydrogen-bond donors (Lipinski definition) is 1. The van der Waals surface area contributed by atoms with Crippen LogP contribution in [-0.4, -0.2) is 39.6 Å². The highest BCUT2D eigenvalue weighted by Crippen LogP contribution is 2.32. The van der Waals surface area contributed by atoms with Crippen molar-refractivity contribution in [2.24, 2.45) is 5.92 Å². The van der Waals surface area contributed by atoms with Crippen molar-refractivity contribution in [3.8, 4) is 0 Å². The highest BCUT2D eigenvalue weighted by atomic mass is 16.3. The summed E-state index contributed by atoms with van der Waals surface area (Å²) in [5.41, 5.74) is 2.23. The van der Waals surface area contributed by atoms with Crippen molar-refractivity contribution in [1.29, 1.82) is 0 Å². The molecule has 1 atom stereocenters. The lowest BCUT2D eigenvalue weighted by atomic mass is 9.87. The molecule has 0 bridgehead atoms. The predicted molar refractivity (Wildman–Crippen MR) is 130 cm³/mol. The van der Waals surface area contributed by atoms with Gasteiger partial charge in [0, 0.05) is 29.8 Å². The fourth-order valence-electron chi connectivity index (χ4n) is 4.51. The van der Waals surface area contributed by atoms with Gasteiger partial charge in [0.1, 0.15) is 5.76 Å². The Bertz CT molecular complexity index is 1020. The Hall–Kier alpha value is -3.35. The molecular formula is C27H35N3O4. The molecule has 1 unspecified atom stereocenters. The van der Waals surface area contributed by atoms with E-state index in [9.17, 15) is 14.4 Å². The lowest BCUT2D eigenvalue weighted by molar-refractivity contribution is -0.139. The van der Waals surface area contributed by atoms with Crippen molar-refractivity contribution in [3.05, 3.63) is 71.3 Å². The summed E-state index contributed by atoms with van der Waals surface area (Å²) in [7, 11) is 0. The molecule has 1 aromatic carbocycles. The van der Waals surface area contributed by atoms with Crippen LogP contribution < -0.4 is 5.32 Å². The number of allylic oxidation sites excluding steroid dienone is 1. The third kappa shape index (κ3) is 5.95. The number of rotatable bonds is 9. The standard InChI is InChI=1S/C27H35N3O4/c1-18(2)30(19(3)4)27(33)24-14-22(15-25(31)28-16-23-12-9-13-34-23)26(32)29(20(24)5)17-21-10-7-6-8-11-21/h6-13,18-19,22H,14-17H2,1-5H3,(H,28,31). The van der Waals surface area contributed by atoms with Gasteiger partial charge < -0.3 is 19.5 Å². The van der Waals surface area contributed by atoms with E-state index in [2.05, 4.69) is 5.32 Å². The lowest BCUT2D eigenvalue weighted by Gasteiger charge is -2.38. The van der Waals surface area contributed by atoms with E-state index in [0.29, 0.717) is 23.6 Å². The van der Waals surface area contributed by atoms with Crippen molar-refractivity contribution in [3.63, 3.8) is 0 Å². The zero-order valence-corrected chi connectivity index (χ0v) is 20.7. The number of carbonyl (C=O) groups is 3. The second kappa shape index (κ2) is 11.2. The second-order valence-electron chi connectivity index (χ2n) is 9.34. The van der Waals surface area contributed by atoms with Gasteiger partial charge in [-0.15, -0.1) is 0 Å². The Balaban J connectivity index is 1.86. The van der Waals surface area contributed by atoms with E-state index >= 15 is 0 Å². The first-order chi connectivity index (χ1) is 16.2. The number of nitrogens with zero attached hydrogens (tertiary/aromatic N) is 2. The van der Waals surface area contributed by atoms with Gasteiger partial charge in [-0.1, -0.05) is 30.3 Å². The van der Waals surface area contributed by atoms with Gasteiger partial charge in [0.05, 0.1) is 25.3 Å². The van der Waals surface area contributed by atoms with E-state index in [1.807, 2.05) is 69.9 Å². The highest BCUT2D eigenvalue weighted by Gasteiger charge is 2.38. The van der Waals surface area contributed by atoms with Crippen molar-refractivity contribution in [2.75, 3.05) is 0 Å². The van der Waals surface area contributed by atoms with Gasteiger partial charge in [-0.05, 0) is 58.7 Å². The average Bonchev–Trinajstić information content (AvgIpc) is 3.31. The molecular weight excluding hydrogens is 430 g/mol. The van der Waals surface area contributed by atoms with Crippen LogP contribution in [0.25, 0.3) is 0 Å². The number of benzene rings is 1. The molecule has 7 heteroatoms. The monoisotopic (exact) mass is 465 g/mol. The molecule has 0 radical (unpaired) electrons. The quantitative estimate of drug-likeness (QED) is 0.600. The number of furan rings is 1. The number of amides is 3. The number of hydrogen-bond acceptors (Lipinski definition) is 4. The Morgan fingerprint density at radius 2 is 1.76 bits per heavy atom. The summed E-state index contributed by atoms with van der Waals surface area (Å²) in [6, 6.07) is 13.3. The molecule has 1 N–H and O–H groups in total. The SMILES string of the molecule is CC1=C(C(=O)N(C(C)C)C(C)C)CC(CC(=O)NCc2ccco2)C(=O)N1Cc1ccccc1. The zero-order valence-electron chi connectivity index (χ0n) is 20.7. The Morgan fingerprint density at radius 1 is 1.09 bits per heavy atom. The molecule has 0 aliphatic carbocycles. The Kier molecular flexibility index (Phi) is 8.31. The summed E-state index contributed by atoms with van der Waals surface area (Å²) < 4.78 is 5.26. The zero-order chi connectivity index (χ0) is 24.8. The molecule has 0 saturated heterocycles. The van der Waals surface area contributed by atoms with Crippen LogP contribution in [0.5, 0.6) is 0 Å². The van der Waals surface area contributed by atoms with Gasteiger partial charge >= 0.3 is 0 Å². The van der Waals surface area contributed by atoms with Gasteiger partial charge in [0.2, 0.25) is 11.8 Å². The molecule has 182 valence electrons. The van der Waals surface area contributed by atoms with Gasteiger partial charge in [0.15, 0.2) is 0 Å². The molecule has 7 nitrogen and oxygen atoms in total. The first-order valence-corrected chi connectivity index (χ1v) is 11.9. The van der Waals surface area contributed by atoms with Crippen LogP contribution in [0.1, 0.15) is 58.8 Å². The maximum absolute atomic E-state index is 13.6. The van der Waals surface area contributed by atoms with Gasteiger partial charge in [-0.3, -0.25) is 14.4 Å². The molecule has 2 aromatic rings. The summed E-state index contributed by atoms with van der Waals surface area (Å²) >= 11 is 0. The summed E-state index contributed by atoms with van der Waals surface area (Å²) in [6.45, 7) is 10.4. The molecule has 0 saturated carbocycles. The molecule has 3 rings (SSSR count). The molecule has 2 heterocycles. The highest BCUT2D eigenvalue weighted by molar-refractivity contribution is 5.98. The largest absolute Gasteiger partial charge is 0.467 e. The lowest BCUT2D eigenvalue weighted by Crippen LogP contribution is -2.47. The van der Waals surface area contributed by atoms with E-state index in [1.54, 1.807) is 23.3 Å². The Labute approximate surface area is 201 Å². The maximum atomic E-state index is 13.6. The minimum atomic E-state index is -0.607. The molecule has 1 aliphatic rings.